The average Bonchev–Trinajstić information content (AvgIpc) is 3.09. The van der Waals surface area contributed by atoms with Gasteiger partial charge in [0, 0.05) is 0 Å². The van der Waals surface area contributed by atoms with Gasteiger partial charge in [-0.15, -0.1) is 0 Å². The number of nitrogens with zero attached hydrogens (tertiary/aromatic N) is 3. The number of rotatable bonds is 3. The van der Waals surface area contributed by atoms with E-state index in [0.29, 0.717) is 0 Å². The molecule has 0 aliphatic carbocycles. The Morgan fingerprint density at radius 1 is 1.12 bits per heavy atom. The minimum Gasteiger partial charge on any atom is -0.497 e. The quantitative estimate of drug-likeness (QED) is 0.799. The molecule has 5 nitrogen and oxygen atoms in total. The van der Waals surface area contributed by atoms with Crippen LogP contribution in [0.3, 0.4) is 0 Å². The first-order valence-corrected chi connectivity index (χ1v) is 8.11. The van der Waals surface area contributed by atoms with Crippen molar-refractivity contribution < 1.29 is 4.74 Å². The summed E-state index contributed by atoms with van der Waals surface area (Å²) in [5, 5.41) is 7.92. The summed E-state index contributed by atoms with van der Waals surface area (Å²) in [6.07, 6.45) is 2.54. The molecule has 0 bridgehead atoms. The fraction of sp³-hybridized carbons (Fsp3) is 0.263. The van der Waals surface area contributed by atoms with Crippen molar-refractivity contribution in [3.63, 3.8) is 0 Å². The van der Waals surface area contributed by atoms with E-state index in [4.69, 9.17) is 4.74 Å². The van der Waals surface area contributed by atoms with E-state index in [1.54, 1.807) is 13.4 Å². The van der Waals surface area contributed by atoms with Gasteiger partial charge >= 0.3 is 0 Å². The zero-order valence-electron chi connectivity index (χ0n) is 13.8. The monoisotopic (exact) mass is 320 g/mol. The van der Waals surface area contributed by atoms with Crippen LogP contribution >= 0.6 is 0 Å². The largest absolute Gasteiger partial charge is 0.497 e. The van der Waals surface area contributed by atoms with E-state index >= 15 is 0 Å². The van der Waals surface area contributed by atoms with Gasteiger partial charge in [-0.3, -0.25) is 0 Å². The fourth-order valence-corrected chi connectivity index (χ4v) is 3.33. The second kappa shape index (κ2) is 6.00. The van der Waals surface area contributed by atoms with Crippen molar-refractivity contribution in [3.8, 4) is 5.75 Å². The van der Waals surface area contributed by atoms with Crippen LogP contribution in [-0.2, 0) is 0 Å². The Hall–Kier alpha value is -2.82. The molecule has 1 aromatic heterocycles. The molecule has 0 radical (unpaired) electrons. The first kappa shape index (κ1) is 14.8. The zero-order valence-corrected chi connectivity index (χ0v) is 13.8. The van der Waals surface area contributed by atoms with E-state index < -0.39 is 0 Å². The van der Waals surface area contributed by atoms with E-state index in [0.717, 1.165) is 18.1 Å². The molecule has 122 valence electrons. The number of hydrogen-bond acceptors (Lipinski definition) is 4. The summed E-state index contributed by atoms with van der Waals surface area (Å²) in [6, 6.07) is 17.2. The summed E-state index contributed by atoms with van der Waals surface area (Å²) in [4.78, 5) is 4.38. The third kappa shape index (κ3) is 2.62. The van der Waals surface area contributed by atoms with Gasteiger partial charge in [0.2, 0.25) is 5.95 Å². The summed E-state index contributed by atoms with van der Waals surface area (Å²) < 4.78 is 7.24. The highest BCUT2D eigenvalue weighted by atomic mass is 16.5. The number of hydrogen-bond donors (Lipinski definition) is 1. The average molecular weight is 320 g/mol. The number of ether oxygens (including phenoxy) is 1. The third-order valence-electron chi connectivity index (χ3n) is 4.58. The highest BCUT2D eigenvalue weighted by Gasteiger charge is 2.29. The highest BCUT2D eigenvalue weighted by Crippen LogP contribution is 2.37. The molecule has 1 aliphatic heterocycles. The van der Waals surface area contributed by atoms with E-state index in [1.807, 2.05) is 16.8 Å². The SMILES string of the molecule is COc1ccc([C@H]2C[C@@H](c3cccc(C)c3)n3ncnc3N2)cc1. The van der Waals surface area contributed by atoms with Crippen LogP contribution in [-0.4, -0.2) is 21.9 Å². The minimum atomic E-state index is 0.177. The molecule has 0 amide bonds. The number of fused-ring (bicyclic) bond motifs is 1. The molecule has 3 aromatic rings. The summed E-state index contributed by atoms with van der Waals surface area (Å²) >= 11 is 0. The maximum atomic E-state index is 5.26. The first-order chi connectivity index (χ1) is 11.7. The standard InChI is InChI=1S/C19H20N4O/c1-13-4-3-5-15(10-13)18-11-17(22-19-20-12-21-23(18)19)14-6-8-16(24-2)9-7-14/h3-10,12,17-18H,11H2,1-2H3,(H,20,21,22)/t17-,18+/m1/s1. The van der Waals surface area contributed by atoms with Crippen molar-refractivity contribution in [3.05, 3.63) is 71.5 Å². The molecule has 0 saturated heterocycles. The van der Waals surface area contributed by atoms with E-state index in [-0.39, 0.29) is 12.1 Å². The first-order valence-electron chi connectivity index (χ1n) is 8.11. The van der Waals surface area contributed by atoms with Gasteiger partial charge in [-0.05, 0) is 36.6 Å². The normalized spacial score (nSPS) is 19.4. The molecule has 0 spiro atoms. The van der Waals surface area contributed by atoms with E-state index in [1.165, 1.54) is 16.7 Å². The van der Waals surface area contributed by atoms with Crippen LogP contribution in [0.5, 0.6) is 5.75 Å². The van der Waals surface area contributed by atoms with Gasteiger partial charge in [-0.1, -0.05) is 42.0 Å². The smallest absolute Gasteiger partial charge is 0.222 e. The Labute approximate surface area is 141 Å². The predicted octanol–water partition coefficient (Wildman–Crippen LogP) is 3.74. The molecular formula is C19H20N4O. The number of aromatic nitrogens is 3. The number of anilines is 1. The van der Waals surface area contributed by atoms with Crippen molar-refractivity contribution in [2.45, 2.75) is 25.4 Å². The van der Waals surface area contributed by atoms with Gasteiger partial charge in [0.1, 0.15) is 12.1 Å². The topological polar surface area (TPSA) is 52.0 Å². The molecule has 2 aromatic carbocycles. The van der Waals surface area contributed by atoms with Gasteiger partial charge in [-0.25, -0.2) is 4.68 Å². The lowest BCUT2D eigenvalue weighted by Crippen LogP contribution is -2.28. The Morgan fingerprint density at radius 2 is 1.96 bits per heavy atom. The number of methoxy groups -OCH3 is 1. The molecule has 24 heavy (non-hydrogen) atoms. The van der Waals surface area contributed by atoms with E-state index in [9.17, 15) is 0 Å². The second-order valence-corrected chi connectivity index (χ2v) is 6.16. The van der Waals surface area contributed by atoms with Crippen molar-refractivity contribution in [2.24, 2.45) is 0 Å². The van der Waals surface area contributed by atoms with Gasteiger partial charge in [0.25, 0.3) is 0 Å². The van der Waals surface area contributed by atoms with Crippen LogP contribution in [0.1, 0.15) is 35.2 Å². The summed E-state index contributed by atoms with van der Waals surface area (Å²) in [5.74, 6) is 1.68. The van der Waals surface area contributed by atoms with Crippen LogP contribution in [0.4, 0.5) is 5.95 Å². The van der Waals surface area contributed by atoms with Crippen molar-refractivity contribution in [1.29, 1.82) is 0 Å². The van der Waals surface area contributed by atoms with Crippen LogP contribution < -0.4 is 10.1 Å². The highest BCUT2D eigenvalue weighted by molar-refractivity contribution is 5.40. The fourth-order valence-electron chi connectivity index (χ4n) is 3.33. The summed E-state index contributed by atoms with van der Waals surface area (Å²) in [6.45, 7) is 2.12. The molecule has 0 unspecified atom stereocenters. The van der Waals surface area contributed by atoms with Gasteiger partial charge in [-0.2, -0.15) is 10.1 Å². The Balaban J connectivity index is 1.70. The minimum absolute atomic E-state index is 0.177. The predicted molar refractivity (Wildman–Crippen MR) is 93.3 cm³/mol. The third-order valence-corrected chi connectivity index (χ3v) is 4.58. The van der Waals surface area contributed by atoms with Crippen molar-refractivity contribution in [2.75, 3.05) is 12.4 Å². The van der Waals surface area contributed by atoms with Crippen LogP contribution in [0.2, 0.25) is 0 Å². The van der Waals surface area contributed by atoms with Gasteiger partial charge in [0.05, 0.1) is 19.2 Å². The van der Waals surface area contributed by atoms with Crippen LogP contribution in [0, 0.1) is 6.92 Å². The summed E-state index contributed by atoms with van der Waals surface area (Å²) in [7, 11) is 1.68. The van der Waals surface area contributed by atoms with Crippen molar-refractivity contribution >= 4 is 5.95 Å². The molecule has 5 heteroatoms. The maximum absolute atomic E-state index is 5.26. The van der Waals surface area contributed by atoms with Crippen LogP contribution in [0.15, 0.2) is 54.9 Å². The Kier molecular flexibility index (Phi) is 3.69. The molecule has 0 saturated carbocycles. The number of benzene rings is 2. The lowest BCUT2D eigenvalue weighted by Gasteiger charge is -2.32. The zero-order chi connectivity index (χ0) is 16.5. The second-order valence-electron chi connectivity index (χ2n) is 6.16. The molecule has 2 heterocycles. The number of nitrogens with one attached hydrogen (secondary N) is 1. The van der Waals surface area contributed by atoms with Gasteiger partial charge in [0.15, 0.2) is 0 Å². The number of aryl methyl sites for hydroxylation is 1. The van der Waals surface area contributed by atoms with Crippen LogP contribution in [0.25, 0.3) is 0 Å². The molecule has 2 atom stereocenters. The molecule has 1 aliphatic rings. The van der Waals surface area contributed by atoms with E-state index in [2.05, 4.69) is 58.7 Å². The lowest BCUT2D eigenvalue weighted by molar-refractivity contribution is 0.413. The summed E-state index contributed by atoms with van der Waals surface area (Å²) in [5.41, 5.74) is 3.75. The Morgan fingerprint density at radius 3 is 2.71 bits per heavy atom. The molecular weight excluding hydrogens is 300 g/mol. The molecule has 1 N–H and O–H groups in total. The molecule has 4 rings (SSSR count). The Bertz CT molecular complexity index is 841. The van der Waals surface area contributed by atoms with Gasteiger partial charge < -0.3 is 10.1 Å². The molecule has 0 fully saturated rings. The lowest BCUT2D eigenvalue weighted by atomic mass is 9.92. The van der Waals surface area contributed by atoms with Crippen molar-refractivity contribution in [1.82, 2.24) is 14.8 Å². The maximum Gasteiger partial charge on any atom is 0.222 e.